The number of aldehydes is 1. The van der Waals surface area contributed by atoms with Crippen molar-refractivity contribution in [2.75, 3.05) is 5.32 Å². The summed E-state index contributed by atoms with van der Waals surface area (Å²) < 4.78 is 0. The van der Waals surface area contributed by atoms with Crippen LogP contribution in [-0.2, 0) is 22.6 Å². The van der Waals surface area contributed by atoms with E-state index in [1.807, 2.05) is 35.2 Å². The van der Waals surface area contributed by atoms with E-state index in [9.17, 15) is 14.4 Å². The van der Waals surface area contributed by atoms with Gasteiger partial charge in [0, 0.05) is 23.8 Å². The summed E-state index contributed by atoms with van der Waals surface area (Å²) in [5.41, 5.74) is 2.80. The first kappa shape index (κ1) is 22.5. The molecule has 2 aromatic carbocycles. The summed E-state index contributed by atoms with van der Waals surface area (Å²) in [4.78, 5) is 38.8. The Morgan fingerprint density at radius 2 is 1.81 bits per heavy atom. The lowest BCUT2D eigenvalue weighted by Crippen LogP contribution is -2.41. The Labute approximate surface area is 184 Å². The largest absolute Gasteiger partial charge is 0.335 e. The molecule has 3 rings (SSSR count). The van der Waals surface area contributed by atoms with Gasteiger partial charge in [0.1, 0.15) is 6.29 Å². The van der Waals surface area contributed by atoms with Gasteiger partial charge in [0.25, 0.3) is 0 Å². The number of rotatable bonds is 8. The zero-order valence-electron chi connectivity index (χ0n) is 18.0. The van der Waals surface area contributed by atoms with Gasteiger partial charge in [0.15, 0.2) is 0 Å². The number of hydrogen-bond donors (Lipinski definition) is 1. The van der Waals surface area contributed by atoms with Gasteiger partial charge in [-0.25, -0.2) is 0 Å². The maximum absolute atomic E-state index is 13.5. The normalized spacial score (nSPS) is 14.4. The predicted molar refractivity (Wildman–Crippen MR) is 123 cm³/mol. The van der Waals surface area contributed by atoms with Crippen molar-refractivity contribution >= 4 is 23.8 Å². The Hall–Kier alpha value is -3.21. The molecule has 0 aromatic heterocycles. The average Bonchev–Trinajstić information content (AvgIpc) is 2.80. The fraction of sp³-hybridized carbons (Fsp3) is 0.346. The molecule has 5 heteroatoms. The van der Waals surface area contributed by atoms with Gasteiger partial charge < -0.3 is 10.2 Å². The standard InChI is InChI=1S/C26H30N2O3/c1-2-9-25(30)27-24-15-14-21(19-29)16-22(24)17-26(31)28(23-12-7-4-8-13-23)18-20-10-5-3-6-11-20/h2-3,5-6,9-11,14-16,19,23H,4,7-8,12-13,17-18H2,1H3,(H,27,30)/b9-2+. The number of benzene rings is 2. The highest BCUT2D eigenvalue weighted by Gasteiger charge is 2.26. The lowest BCUT2D eigenvalue weighted by atomic mass is 9.93. The van der Waals surface area contributed by atoms with Crippen molar-refractivity contribution in [2.45, 2.75) is 58.0 Å². The summed E-state index contributed by atoms with van der Waals surface area (Å²) in [6.45, 7) is 2.34. The van der Waals surface area contributed by atoms with Gasteiger partial charge in [-0.2, -0.15) is 0 Å². The highest BCUT2D eigenvalue weighted by atomic mass is 16.2. The maximum Gasteiger partial charge on any atom is 0.248 e. The summed E-state index contributed by atoms with van der Waals surface area (Å²) in [7, 11) is 0. The summed E-state index contributed by atoms with van der Waals surface area (Å²) in [6.07, 6.45) is 9.49. The minimum Gasteiger partial charge on any atom is -0.335 e. The molecule has 0 atom stereocenters. The first-order chi connectivity index (χ1) is 15.1. The number of hydrogen-bond acceptors (Lipinski definition) is 3. The first-order valence-electron chi connectivity index (χ1n) is 11.0. The van der Waals surface area contributed by atoms with Crippen molar-refractivity contribution in [3.63, 3.8) is 0 Å². The molecule has 0 unspecified atom stereocenters. The molecule has 2 amide bonds. The Morgan fingerprint density at radius 1 is 1.06 bits per heavy atom. The number of anilines is 1. The van der Waals surface area contributed by atoms with E-state index in [-0.39, 0.29) is 24.3 Å². The van der Waals surface area contributed by atoms with E-state index in [1.54, 1.807) is 31.2 Å². The van der Waals surface area contributed by atoms with Crippen LogP contribution in [0.2, 0.25) is 0 Å². The Bertz CT molecular complexity index is 931. The number of carbonyl (C=O) groups is 3. The molecule has 1 N–H and O–H groups in total. The van der Waals surface area contributed by atoms with Crippen LogP contribution in [0.4, 0.5) is 5.69 Å². The molecule has 1 aliphatic carbocycles. The van der Waals surface area contributed by atoms with Crippen molar-refractivity contribution < 1.29 is 14.4 Å². The SMILES string of the molecule is C/C=C/C(=O)Nc1ccc(C=O)cc1CC(=O)N(Cc1ccccc1)C1CCCCC1. The Balaban J connectivity index is 1.85. The van der Waals surface area contributed by atoms with E-state index in [2.05, 4.69) is 5.32 Å². The van der Waals surface area contributed by atoms with Crippen molar-refractivity contribution in [3.05, 3.63) is 77.4 Å². The molecular weight excluding hydrogens is 388 g/mol. The van der Waals surface area contributed by atoms with Crippen LogP contribution in [0, 0.1) is 0 Å². The molecule has 5 nitrogen and oxygen atoms in total. The molecule has 162 valence electrons. The molecule has 1 saturated carbocycles. The third kappa shape index (κ3) is 6.38. The van der Waals surface area contributed by atoms with Gasteiger partial charge in [0.05, 0.1) is 6.42 Å². The maximum atomic E-state index is 13.5. The summed E-state index contributed by atoms with van der Waals surface area (Å²) in [5, 5.41) is 2.82. The van der Waals surface area contributed by atoms with Crippen LogP contribution in [0.5, 0.6) is 0 Å². The Kier molecular flexibility index (Phi) is 8.16. The Morgan fingerprint density at radius 3 is 2.48 bits per heavy atom. The molecule has 1 aliphatic rings. The van der Waals surface area contributed by atoms with E-state index < -0.39 is 0 Å². The van der Waals surface area contributed by atoms with E-state index >= 15 is 0 Å². The van der Waals surface area contributed by atoms with Crippen LogP contribution < -0.4 is 5.32 Å². The van der Waals surface area contributed by atoms with Crippen LogP contribution in [0.15, 0.2) is 60.7 Å². The summed E-state index contributed by atoms with van der Waals surface area (Å²) in [5.74, 6) is -0.246. The second kappa shape index (κ2) is 11.3. The summed E-state index contributed by atoms with van der Waals surface area (Å²) >= 11 is 0. The quantitative estimate of drug-likeness (QED) is 0.489. The number of amides is 2. The highest BCUT2D eigenvalue weighted by Crippen LogP contribution is 2.26. The zero-order valence-corrected chi connectivity index (χ0v) is 18.0. The van der Waals surface area contributed by atoms with Crippen LogP contribution in [0.3, 0.4) is 0 Å². The number of nitrogens with zero attached hydrogens (tertiary/aromatic N) is 1. The molecule has 1 fully saturated rings. The van der Waals surface area contributed by atoms with Crippen molar-refractivity contribution in [1.82, 2.24) is 4.90 Å². The van der Waals surface area contributed by atoms with E-state index in [0.717, 1.165) is 37.5 Å². The lowest BCUT2D eigenvalue weighted by Gasteiger charge is -2.35. The molecule has 0 saturated heterocycles. The van der Waals surface area contributed by atoms with E-state index in [4.69, 9.17) is 0 Å². The van der Waals surface area contributed by atoms with Gasteiger partial charge in [-0.1, -0.05) is 55.7 Å². The minimum absolute atomic E-state index is 0.0142. The van der Waals surface area contributed by atoms with Crippen LogP contribution >= 0.6 is 0 Å². The van der Waals surface area contributed by atoms with Gasteiger partial charge in [0.2, 0.25) is 11.8 Å². The fourth-order valence-corrected chi connectivity index (χ4v) is 4.14. The molecule has 0 aliphatic heterocycles. The number of carbonyl (C=O) groups excluding carboxylic acids is 3. The van der Waals surface area contributed by atoms with Gasteiger partial charge in [-0.05, 0) is 55.2 Å². The molecular formula is C26H30N2O3. The smallest absolute Gasteiger partial charge is 0.248 e. The van der Waals surface area contributed by atoms with Crippen molar-refractivity contribution in [2.24, 2.45) is 0 Å². The fourth-order valence-electron chi connectivity index (χ4n) is 4.14. The molecule has 0 bridgehead atoms. The van der Waals surface area contributed by atoms with Gasteiger partial charge >= 0.3 is 0 Å². The first-order valence-corrected chi connectivity index (χ1v) is 11.0. The lowest BCUT2D eigenvalue weighted by molar-refractivity contribution is -0.134. The van der Waals surface area contributed by atoms with Gasteiger partial charge in [-0.15, -0.1) is 0 Å². The molecule has 31 heavy (non-hydrogen) atoms. The minimum atomic E-state index is -0.261. The summed E-state index contributed by atoms with van der Waals surface area (Å²) in [6, 6.07) is 15.3. The molecule has 0 radical (unpaired) electrons. The third-order valence-electron chi connectivity index (χ3n) is 5.71. The van der Waals surface area contributed by atoms with E-state index in [1.165, 1.54) is 12.5 Å². The molecule has 2 aromatic rings. The second-order valence-corrected chi connectivity index (χ2v) is 8.00. The van der Waals surface area contributed by atoms with Crippen molar-refractivity contribution in [3.8, 4) is 0 Å². The predicted octanol–water partition coefficient (Wildman–Crippen LogP) is 4.92. The molecule has 0 heterocycles. The number of nitrogens with one attached hydrogen (secondary N) is 1. The monoisotopic (exact) mass is 418 g/mol. The highest BCUT2D eigenvalue weighted by molar-refractivity contribution is 6.00. The second-order valence-electron chi connectivity index (χ2n) is 8.00. The van der Waals surface area contributed by atoms with Crippen molar-refractivity contribution in [1.29, 1.82) is 0 Å². The molecule has 0 spiro atoms. The van der Waals surface area contributed by atoms with Crippen LogP contribution in [0.25, 0.3) is 0 Å². The van der Waals surface area contributed by atoms with E-state index in [0.29, 0.717) is 23.4 Å². The van der Waals surface area contributed by atoms with Gasteiger partial charge in [-0.3, -0.25) is 14.4 Å². The average molecular weight is 419 g/mol. The zero-order chi connectivity index (χ0) is 22.1. The van der Waals surface area contributed by atoms with Crippen LogP contribution in [0.1, 0.15) is 60.5 Å². The van der Waals surface area contributed by atoms with Crippen LogP contribution in [-0.4, -0.2) is 29.0 Å². The number of allylic oxidation sites excluding steroid dienone is 1. The topological polar surface area (TPSA) is 66.5 Å². The third-order valence-corrected chi connectivity index (χ3v) is 5.71.